The van der Waals surface area contributed by atoms with E-state index in [4.69, 9.17) is 9.47 Å². The van der Waals surface area contributed by atoms with E-state index < -0.39 is 43.2 Å². The molecule has 10 heteroatoms. The van der Waals surface area contributed by atoms with Crippen molar-refractivity contribution in [3.05, 3.63) is 53.0 Å². The maximum Gasteiger partial charge on any atom is 0.326 e. The molecule has 2 atom stereocenters. The van der Waals surface area contributed by atoms with E-state index in [2.05, 4.69) is 15.9 Å². The van der Waals surface area contributed by atoms with Crippen LogP contribution in [0.2, 0.25) is 0 Å². The molecule has 1 aliphatic rings. The maximum absolute atomic E-state index is 13.5. The van der Waals surface area contributed by atoms with Crippen molar-refractivity contribution in [1.82, 2.24) is 4.31 Å². The molecule has 33 heavy (non-hydrogen) atoms. The standard InChI is InChI=1S/C23H28BrNO6S2/c1-22(2,3)31-21(26)20-23(4,5)32(27)15-14-25(20)33(28,29)19-12-10-18(11-13-19)30-17-8-6-16(24)7-9-17/h6-13,20H,14-15H2,1-5H3/t20-,32+/m0/s1. The minimum Gasteiger partial charge on any atom is -0.459 e. The van der Waals surface area contributed by atoms with Gasteiger partial charge in [0.25, 0.3) is 0 Å². The van der Waals surface area contributed by atoms with Crippen LogP contribution in [0.1, 0.15) is 34.6 Å². The van der Waals surface area contributed by atoms with E-state index in [1.807, 2.05) is 12.1 Å². The molecule has 0 bridgehead atoms. The van der Waals surface area contributed by atoms with E-state index in [1.54, 1.807) is 58.9 Å². The Hall–Kier alpha value is -1.75. The number of carbonyl (C=O) groups excluding carboxylic acids is 1. The van der Waals surface area contributed by atoms with Gasteiger partial charge in [0.1, 0.15) is 23.1 Å². The minimum absolute atomic E-state index is 0.0164. The van der Waals surface area contributed by atoms with E-state index in [9.17, 15) is 17.4 Å². The summed E-state index contributed by atoms with van der Waals surface area (Å²) in [5, 5.41) is 0. The van der Waals surface area contributed by atoms with E-state index >= 15 is 0 Å². The van der Waals surface area contributed by atoms with Crippen LogP contribution in [0.15, 0.2) is 57.9 Å². The fourth-order valence-electron chi connectivity index (χ4n) is 3.51. The number of halogens is 1. The molecule has 180 valence electrons. The van der Waals surface area contributed by atoms with Gasteiger partial charge in [-0.05, 0) is 83.1 Å². The fourth-order valence-corrected chi connectivity index (χ4v) is 7.03. The number of nitrogens with zero attached hydrogens (tertiary/aromatic N) is 1. The van der Waals surface area contributed by atoms with Gasteiger partial charge < -0.3 is 9.47 Å². The molecule has 0 saturated carbocycles. The lowest BCUT2D eigenvalue weighted by atomic mass is 10.0. The van der Waals surface area contributed by atoms with Gasteiger partial charge in [-0.15, -0.1) is 0 Å². The quantitative estimate of drug-likeness (QED) is 0.503. The third kappa shape index (κ3) is 5.85. The topological polar surface area (TPSA) is 90.0 Å². The largest absolute Gasteiger partial charge is 0.459 e. The summed E-state index contributed by atoms with van der Waals surface area (Å²) in [7, 11) is -5.47. The minimum atomic E-state index is -4.07. The van der Waals surface area contributed by atoms with E-state index in [0.29, 0.717) is 11.5 Å². The zero-order chi connectivity index (χ0) is 24.6. The van der Waals surface area contributed by atoms with E-state index in [1.165, 1.54) is 12.1 Å². The van der Waals surface area contributed by atoms with Gasteiger partial charge in [0.05, 0.1) is 9.64 Å². The highest BCUT2D eigenvalue weighted by molar-refractivity contribution is 9.10. The number of hydrogen-bond acceptors (Lipinski definition) is 6. The summed E-state index contributed by atoms with van der Waals surface area (Å²) < 4.78 is 52.0. The highest BCUT2D eigenvalue weighted by atomic mass is 79.9. The predicted octanol–water partition coefficient (Wildman–Crippen LogP) is 4.48. The number of esters is 1. The Labute approximate surface area is 206 Å². The zero-order valence-electron chi connectivity index (χ0n) is 19.2. The summed E-state index contributed by atoms with van der Waals surface area (Å²) in [5.41, 5.74) is -0.812. The smallest absolute Gasteiger partial charge is 0.326 e. The SMILES string of the molecule is CC(C)(C)OC(=O)[C@@H]1N(S(=O)(=O)c2ccc(Oc3ccc(Br)cc3)cc2)CC[S@@](=O)C1(C)C. The Morgan fingerprint density at radius 3 is 2.09 bits per heavy atom. The molecular formula is C23H28BrNO6S2. The van der Waals surface area contributed by atoms with Gasteiger partial charge in [0.15, 0.2) is 0 Å². The summed E-state index contributed by atoms with van der Waals surface area (Å²) in [4.78, 5) is 13.1. The van der Waals surface area contributed by atoms with Crippen LogP contribution in [0.4, 0.5) is 0 Å². The highest BCUT2D eigenvalue weighted by Gasteiger charge is 2.53. The number of carbonyl (C=O) groups is 1. The maximum atomic E-state index is 13.5. The number of benzene rings is 2. The first kappa shape index (κ1) is 25.9. The summed E-state index contributed by atoms with van der Waals surface area (Å²) >= 11 is 3.36. The second-order valence-corrected chi connectivity index (χ2v) is 14.2. The molecule has 0 aliphatic carbocycles. The van der Waals surface area contributed by atoms with Crippen LogP contribution in [0, 0.1) is 0 Å². The molecule has 2 aromatic rings. The molecule has 2 aromatic carbocycles. The molecule has 0 unspecified atom stereocenters. The van der Waals surface area contributed by atoms with Crippen LogP contribution >= 0.6 is 15.9 Å². The van der Waals surface area contributed by atoms with Crippen molar-refractivity contribution in [2.24, 2.45) is 0 Å². The first-order valence-electron chi connectivity index (χ1n) is 10.4. The fraction of sp³-hybridized carbons (Fsp3) is 0.435. The van der Waals surface area contributed by atoms with Gasteiger partial charge in [-0.1, -0.05) is 15.9 Å². The lowest BCUT2D eigenvalue weighted by molar-refractivity contribution is -0.160. The molecule has 1 aliphatic heterocycles. The Balaban J connectivity index is 1.90. The normalized spacial score (nSPS) is 21.4. The molecular weight excluding hydrogens is 530 g/mol. The molecule has 1 heterocycles. The Morgan fingerprint density at radius 2 is 1.58 bits per heavy atom. The third-order valence-corrected chi connectivity index (χ3v) is 9.50. The summed E-state index contributed by atoms with van der Waals surface area (Å²) in [6.07, 6.45) is 0. The van der Waals surface area contributed by atoms with Crippen molar-refractivity contribution in [3.63, 3.8) is 0 Å². The molecule has 7 nitrogen and oxygen atoms in total. The lowest BCUT2D eigenvalue weighted by Crippen LogP contribution is -2.63. The van der Waals surface area contributed by atoms with Crippen molar-refractivity contribution in [3.8, 4) is 11.5 Å². The first-order chi connectivity index (χ1) is 15.2. The van der Waals surface area contributed by atoms with Crippen molar-refractivity contribution in [1.29, 1.82) is 0 Å². The number of sulfonamides is 1. The molecule has 0 N–H and O–H groups in total. The van der Waals surface area contributed by atoms with E-state index in [0.717, 1.165) is 8.78 Å². The molecule has 1 saturated heterocycles. The zero-order valence-corrected chi connectivity index (χ0v) is 22.4. The average molecular weight is 559 g/mol. The van der Waals surface area contributed by atoms with Crippen LogP contribution in [-0.2, 0) is 30.4 Å². The first-order valence-corrected chi connectivity index (χ1v) is 13.9. The van der Waals surface area contributed by atoms with Crippen LogP contribution in [0.25, 0.3) is 0 Å². The number of rotatable bonds is 5. The highest BCUT2D eigenvalue weighted by Crippen LogP contribution is 2.34. The van der Waals surface area contributed by atoms with Gasteiger partial charge in [0.2, 0.25) is 10.0 Å². The van der Waals surface area contributed by atoms with Gasteiger partial charge in [-0.3, -0.25) is 9.00 Å². The van der Waals surface area contributed by atoms with Gasteiger partial charge in [-0.25, -0.2) is 8.42 Å². The van der Waals surface area contributed by atoms with Crippen molar-refractivity contribution < 1.29 is 26.9 Å². The Bertz CT molecular complexity index is 1140. The third-order valence-electron chi connectivity index (χ3n) is 5.14. The van der Waals surface area contributed by atoms with E-state index in [-0.39, 0.29) is 17.2 Å². The van der Waals surface area contributed by atoms with Crippen molar-refractivity contribution >= 4 is 42.7 Å². The monoisotopic (exact) mass is 557 g/mol. The summed E-state index contributed by atoms with van der Waals surface area (Å²) in [6, 6.07) is 12.0. The Kier molecular flexibility index (Phi) is 7.43. The van der Waals surface area contributed by atoms with Gasteiger partial charge in [-0.2, -0.15) is 4.31 Å². The molecule has 1 fully saturated rings. The van der Waals surface area contributed by atoms with Crippen molar-refractivity contribution in [2.75, 3.05) is 12.3 Å². The van der Waals surface area contributed by atoms with Crippen LogP contribution < -0.4 is 4.74 Å². The molecule has 0 aromatic heterocycles. The van der Waals surface area contributed by atoms with Crippen LogP contribution in [0.5, 0.6) is 11.5 Å². The molecule has 0 amide bonds. The molecule has 0 radical (unpaired) electrons. The predicted molar refractivity (Wildman–Crippen MR) is 131 cm³/mol. The summed E-state index contributed by atoms with van der Waals surface area (Å²) in [6.45, 7) is 8.35. The average Bonchev–Trinajstić information content (AvgIpc) is 2.70. The number of hydrogen-bond donors (Lipinski definition) is 0. The number of ether oxygens (including phenoxy) is 2. The van der Waals surface area contributed by atoms with Crippen LogP contribution in [0.3, 0.4) is 0 Å². The van der Waals surface area contributed by atoms with Crippen molar-refractivity contribution in [2.45, 2.75) is 55.9 Å². The summed E-state index contributed by atoms with van der Waals surface area (Å²) in [5.74, 6) is 0.509. The molecule has 0 spiro atoms. The van der Waals surface area contributed by atoms with Gasteiger partial charge >= 0.3 is 5.97 Å². The lowest BCUT2D eigenvalue weighted by Gasteiger charge is -2.43. The second-order valence-electron chi connectivity index (χ2n) is 9.23. The molecule has 3 rings (SSSR count). The van der Waals surface area contributed by atoms with Crippen LogP contribution in [-0.4, -0.2) is 51.6 Å². The van der Waals surface area contributed by atoms with Gasteiger partial charge in [0, 0.05) is 27.6 Å². The Morgan fingerprint density at radius 1 is 1.06 bits per heavy atom. The second kappa shape index (κ2) is 9.48.